The number of methoxy groups -OCH3 is 2. The van der Waals surface area contributed by atoms with Crippen molar-refractivity contribution in [3.05, 3.63) is 50.9 Å². The quantitative estimate of drug-likeness (QED) is 0.418. The Labute approximate surface area is 222 Å². The molecule has 13 heteroatoms. The molecule has 0 saturated carbocycles. The Morgan fingerprint density at radius 1 is 1.08 bits per heavy atom. The number of rotatable bonds is 8. The third kappa shape index (κ3) is 5.75. The molecule has 0 aliphatic carbocycles. The summed E-state index contributed by atoms with van der Waals surface area (Å²) in [5.41, 5.74) is 2.58. The maximum absolute atomic E-state index is 12.7. The van der Waals surface area contributed by atoms with E-state index in [0.29, 0.717) is 24.5 Å². The molecule has 2 aliphatic rings. The van der Waals surface area contributed by atoms with E-state index in [-0.39, 0.29) is 42.6 Å². The van der Waals surface area contributed by atoms with E-state index in [4.69, 9.17) is 35.6 Å². The average Bonchev–Trinajstić information content (AvgIpc) is 3.62. The van der Waals surface area contributed by atoms with E-state index in [0.717, 1.165) is 34.8 Å². The van der Waals surface area contributed by atoms with Gasteiger partial charge in [0.25, 0.3) is 5.91 Å². The van der Waals surface area contributed by atoms with Crippen molar-refractivity contribution in [2.24, 2.45) is 5.16 Å². The van der Waals surface area contributed by atoms with Gasteiger partial charge in [0.2, 0.25) is 0 Å². The lowest BCUT2D eigenvalue weighted by Crippen LogP contribution is -2.40. The summed E-state index contributed by atoms with van der Waals surface area (Å²) in [6.07, 6.45) is 2.05. The number of aromatic nitrogens is 4. The molecule has 1 aromatic carbocycles. The number of ether oxygens (including phenoxy) is 3. The Morgan fingerprint density at radius 2 is 1.78 bits per heavy atom. The molecule has 4 heterocycles. The van der Waals surface area contributed by atoms with Crippen molar-refractivity contribution in [1.82, 2.24) is 24.8 Å². The van der Waals surface area contributed by atoms with Gasteiger partial charge >= 0.3 is 18.0 Å². The molecule has 2 aliphatic heterocycles. The Morgan fingerprint density at radius 3 is 2.49 bits per heavy atom. The first-order valence-electron chi connectivity index (χ1n) is 11.7. The Bertz CT molecular complexity index is 1270. The zero-order valence-corrected chi connectivity index (χ0v) is 21.9. The molecule has 5 rings (SSSR count). The van der Waals surface area contributed by atoms with Crippen LogP contribution in [0.2, 0.25) is 5.02 Å². The fourth-order valence-corrected chi connectivity index (χ4v) is 5.46. The second-order valence-corrected chi connectivity index (χ2v) is 9.76. The van der Waals surface area contributed by atoms with Crippen molar-refractivity contribution >= 4 is 34.6 Å². The number of hydrogen-bond acceptors (Lipinski definition) is 11. The summed E-state index contributed by atoms with van der Waals surface area (Å²) < 4.78 is 15.5. The largest absolute Gasteiger partial charge is 0.467 e. The number of benzene rings is 1. The average molecular weight is 545 g/mol. The lowest BCUT2D eigenvalue weighted by Gasteiger charge is -2.31. The minimum Gasteiger partial charge on any atom is -0.467 e. The Balaban J connectivity index is 1.12. The molecule has 0 N–H and O–H groups in total. The summed E-state index contributed by atoms with van der Waals surface area (Å²) in [4.78, 5) is 36.8. The topological polar surface area (TPSA) is 121 Å². The number of halogens is 1. The van der Waals surface area contributed by atoms with E-state index in [1.807, 2.05) is 29.6 Å². The molecule has 37 heavy (non-hydrogen) atoms. The smallest absolute Gasteiger partial charge is 0.326 e. The molecule has 0 bridgehead atoms. The van der Waals surface area contributed by atoms with Crippen molar-refractivity contribution in [2.45, 2.75) is 31.3 Å². The number of oxime groups is 1. The fourth-order valence-electron chi connectivity index (χ4n) is 4.20. The number of nitrogens with zero attached hydrogens (tertiary/aromatic N) is 6. The van der Waals surface area contributed by atoms with Gasteiger partial charge in [0.05, 0.1) is 24.9 Å². The van der Waals surface area contributed by atoms with Gasteiger partial charge in [-0.1, -0.05) is 35.0 Å². The van der Waals surface area contributed by atoms with Crippen LogP contribution in [0, 0.1) is 0 Å². The molecule has 1 amide bonds. The Hall–Kier alpha value is -3.51. The van der Waals surface area contributed by atoms with Gasteiger partial charge in [0.1, 0.15) is 5.71 Å². The van der Waals surface area contributed by atoms with Crippen LogP contribution in [0.1, 0.15) is 47.5 Å². The van der Waals surface area contributed by atoms with Crippen LogP contribution in [0.15, 0.2) is 34.8 Å². The molecule has 11 nitrogen and oxygen atoms in total. The van der Waals surface area contributed by atoms with E-state index in [9.17, 15) is 4.79 Å². The van der Waals surface area contributed by atoms with Crippen LogP contribution in [0.25, 0.3) is 0 Å². The van der Waals surface area contributed by atoms with E-state index < -0.39 is 0 Å². The number of carbonyl (C=O) groups is 1. The van der Waals surface area contributed by atoms with Crippen LogP contribution in [0.5, 0.6) is 18.0 Å². The van der Waals surface area contributed by atoms with Crippen LogP contribution in [0.3, 0.4) is 0 Å². The lowest BCUT2D eigenvalue weighted by molar-refractivity contribution is -0.134. The number of piperidine rings is 1. The first-order chi connectivity index (χ1) is 18.0. The van der Waals surface area contributed by atoms with Crippen molar-refractivity contribution in [1.29, 1.82) is 0 Å². The summed E-state index contributed by atoms with van der Waals surface area (Å²) in [7, 11) is 2.84. The number of hydrogen-bond donors (Lipinski definition) is 0. The molecule has 2 aromatic heterocycles. The van der Waals surface area contributed by atoms with Gasteiger partial charge < -0.3 is 23.9 Å². The van der Waals surface area contributed by atoms with Crippen molar-refractivity contribution < 1.29 is 23.8 Å². The van der Waals surface area contributed by atoms with E-state index in [1.165, 1.54) is 14.2 Å². The van der Waals surface area contributed by atoms with Gasteiger partial charge in [-0.25, -0.2) is 4.98 Å². The van der Waals surface area contributed by atoms with Crippen LogP contribution in [-0.4, -0.2) is 70.4 Å². The second kappa shape index (κ2) is 11.3. The predicted molar refractivity (Wildman–Crippen MR) is 136 cm³/mol. The van der Waals surface area contributed by atoms with Gasteiger partial charge in [-0.15, -0.1) is 26.3 Å². The molecule has 3 aromatic rings. The van der Waals surface area contributed by atoms with Gasteiger partial charge in [-0.2, -0.15) is 0 Å². The summed E-state index contributed by atoms with van der Waals surface area (Å²) in [6.45, 7) is 1.04. The number of amides is 1. The molecular weight excluding hydrogens is 520 g/mol. The summed E-state index contributed by atoms with van der Waals surface area (Å²) >= 11 is 7.93. The molecule has 0 spiro atoms. The van der Waals surface area contributed by atoms with Crippen LogP contribution in [-0.2, 0) is 9.63 Å². The highest BCUT2D eigenvalue weighted by Crippen LogP contribution is 2.35. The van der Waals surface area contributed by atoms with Gasteiger partial charge in [0.15, 0.2) is 12.7 Å². The maximum atomic E-state index is 12.7. The number of likely N-dealkylation sites (tertiary alicyclic amines) is 1. The molecule has 1 unspecified atom stereocenters. The summed E-state index contributed by atoms with van der Waals surface area (Å²) in [5.74, 6) is 0.141. The highest BCUT2D eigenvalue weighted by atomic mass is 35.5. The standard InChI is InChI=1S/C24H25ClN6O5S/c1-33-22-27-23(34-2)29-24(28-22)35-12-20(32)31-9-7-14(8-10-31)21-26-18(13-37-21)17-11-19(36-30-17)15-5-3-4-6-16(15)25/h3-6,13-14,19H,7-12H2,1-2H3. The van der Waals surface area contributed by atoms with Crippen LogP contribution < -0.4 is 14.2 Å². The highest BCUT2D eigenvalue weighted by Gasteiger charge is 2.29. The first-order valence-corrected chi connectivity index (χ1v) is 13.0. The van der Waals surface area contributed by atoms with Crippen LogP contribution in [0.4, 0.5) is 0 Å². The number of thiazole rings is 1. The van der Waals surface area contributed by atoms with E-state index >= 15 is 0 Å². The van der Waals surface area contributed by atoms with Crippen molar-refractivity contribution in [2.75, 3.05) is 33.9 Å². The minimum atomic E-state index is -0.204. The van der Waals surface area contributed by atoms with Gasteiger partial charge in [-0.3, -0.25) is 4.79 Å². The number of carbonyl (C=O) groups excluding carboxylic acids is 1. The second-order valence-electron chi connectivity index (χ2n) is 8.46. The third-order valence-electron chi connectivity index (χ3n) is 6.20. The molecular formula is C24H25ClN6O5S. The maximum Gasteiger partial charge on any atom is 0.326 e. The summed E-state index contributed by atoms with van der Waals surface area (Å²) in [5, 5.41) is 8.01. The van der Waals surface area contributed by atoms with Crippen LogP contribution >= 0.6 is 22.9 Å². The lowest BCUT2D eigenvalue weighted by atomic mass is 9.97. The predicted octanol–water partition coefficient (Wildman–Crippen LogP) is 3.65. The summed E-state index contributed by atoms with van der Waals surface area (Å²) in [6, 6.07) is 7.71. The van der Waals surface area contributed by atoms with E-state index in [1.54, 1.807) is 16.2 Å². The normalized spacial score (nSPS) is 17.8. The molecule has 1 fully saturated rings. The Kier molecular flexibility index (Phi) is 7.65. The fraction of sp³-hybridized carbons (Fsp3) is 0.417. The van der Waals surface area contributed by atoms with E-state index in [2.05, 4.69) is 20.1 Å². The molecule has 194 valence electrons. The van der Waals surface area contributed by atoms with Crippen molar-refractivity contribution in [3.63, 3.8) is 0 Å². The zero-order valence-electron chi connectivity index (χ0n) is 20.3. The molecule has 1 saturated heterocycles. The first kappa shape index (κ1) is 25.2. The third-order valence-corrected chi connectivity index (χ3v) is 7.55. The SMILES string of the molecule is COc1nc(OC)nc(OCC(=O)N2CCC(c3nc(C4=NOC(c5ccccc5Cl)C4)cs3)CC2)n1. The molecule has 1 atom stereocenters. The minimum absolute atomic E-state index is 0.0298. The van der Waals surface area contributed by atoms with Gasteiger partial charge in [-0.05, 0) is 18.9 Å². The zero-order chi connectivity index (χ0) is 25.8. The molecule has 0 radical (unpaired) electrons. The monoisotopic (exact) mass is 544 g/mol. The van der Waals surface area contributed by atoms with Gasteiger partial charge in [0, 0.05) is 41.4 Å². The van der Waals surface area contributed by atoms with Crippen molar-refractivity contribution in [3.8, 4) is 18.0 Å². The highest BCUT2D eigenvalue weighted by molar-refractivity contribution is 7.10.